The minimum absolute atomic E-state index is 0.170. The number of carbonyl (C=O) groups is 1. The topological polar surface area (TPSA) is 129 Å². The second-order valence-corrected chi connectivity index (χ2v) is 5.84. The molecule has 0 aliphatic rings. The van der Waals surface area contributed by atoms with Crippen LogP contribution in [-0.4, -0.2) is 31.6 Å². The van der Waals surface area contributed by atoms with Crippen LogP contribution in [0, 0.1) is 0 Å². The monoisotopic (exact) mass is 323 g/mol. The number of nitrogens with one attached hydrogen (secondary N) is 1. The first-order valence-corrected chi connectivity index (χ1v) is 7.39. The average Bonchev–Trinajstić information content (AvgIpc) is 2.47. The van der Waals surface area contributed by atoms with Crippen molar-refractivity contribution in [3.63, 3.8) is 0 Å². The van der Waals surface area contributed by atoms with E-state index < -0.39 is 27.3 Å². The van der Waals surface area contributed by atoms with Gasteiger partial charge in [-0.2, -0.15) is 0 Å². The molecule has 0 saturated heterocycles. The molecule has 0 spiro atoms. The maximum Gasteiger partial charge on any atom is 0.335 e. The van der Waals surface area contributed by atoms with Crippen LogP contribution in [0.5, 0.6) is 11.6 Å². The Kier molecular flexibility index (Phi) is 4.18. The molecule has 0 atom stereocenters. The van der Waals surface area contributed by atoms with Gasteiger partial charge in [-0.25, -0.2) is 18.2 Å². The Morgan fingerprint density at radius 3 is 2.59 bits per heavy atom. The highest BCUT2D eigenvalue weighted by Gasteiger charge is 2.17. The Labute approximate surface area is 126 Å². The van der Waals surface area contributed by atoms with Crippen LogP contribution >= 0.6 is 0 Å². The van der Waals surface area contributed by atoms with Crippen LogP contribution in [-0.2, 0) is 10.0 Å². The minimum Gasteiger partial charge on any atom is -0.872 e. The van der Waals surface area contributed by atoms with Crippen molar-refractivity contribution in [1.29, 1.82) is 0 Å². The smallest absolute Gasteiger partial charge is 0.335 e. The van der Waals surface area contributed by atoms with E-state index in [1.807, 2.05) is 0 Å². The van der Waals surface area contributed by atoms with Gasteiger partial charge in [-0.3, -0.25) is 4.72 Å². The Morgan fingerprint density at radius 1 is 1.32 bits per heavy atom. The maximum absolute atomic E-state index is 12.2. The zero-order chi connectivity index (χ0) is 16.3. The third kappa shape index (κ3) is 3.26. The number of ether oxygens (including phenoxy) is 1. The van der Waals surface area contributed by atoms with Gasteiger partial charge in [0.1, 0.15) is 0 Å². The molecule has 1 aromatic carbocycles. The van der Waals surface area contributed by atoms with Gasteiger partial charge in [-0.15, -0.1) is 0 Å². The van der Waals surface area contributed by atoms with Crippen LogP contribution in [0.25, 0.3) is 0 Å². The van der Waals surface area contributed by atoms with Gasteiger partial charge in [-0.05, 0) is 18.2 Å². The first-order valence-electron chi connectivity index (χ1n) is 5.91. The Balaban J connectivity index is 2.33. The lowest BCUT2D eigenvalue weighted by Gasteiger charge is -2.13. The molecule has 1 aromatic heterocycles. The number of anilines is 1. The van der Waals surface area contributed by atoms with Crippen LogP contribution in [0.3, 0.4) is 0 Å². The highest BCUT2D eigenvalue weighted by Crippen LogP contribution is 2.22. The maximum atomic E-state index is 12.2. The normalized spacial score (nSPS) is 11.0. The summed E-state index contributed by atoms with van der Waals surface area (Å²) in [4.78, 5) is 14.4. The van der Waals surface area contributed by atoms with Crippen molar-refractivity contribution in [2.24, 2.45) is 0 Å². The van der Waals surface area contributed by atoms with Gasteiger partial charge in [0, 0.05) is 6.07 Å². The Hall–Kier alpha value is -2.81. The molecule has 0 aliphatic heterocycles. The van der Waals surface area contributed by atoms with E-state index in [0.29, 0.717) is 5.88 Å². The molecule has 9 heteroatoms. The minimum atomic E-state index is -4.04. The molecular weight excluding hydrogens is 312 g/mol. The predicted molar refractivity (Wildman–Crippen MR) is 74.4 cm³/mol. The number of carboxylic acids is 1. The van der Waals surface area contributed by atoms with E-state index >= 15 is 0 Å². The molecule has 0 amide bonds. The summed E-state index contributed by atoms with van der Waals surface area (Å²) in [6, 6.07) is 5.63. The van der Waals surface area contributed by atoms with Crippen molar-refractivity contribution in [2.75, 3.05) is 11.8 Å². The van der Waals surface area contributed by atoms with Crippen molar-refractivity contribution in [3.8, 4) is 11.6 Å². The van der Waals surface area contributed by atoms with Gasteiger partial charge in [-0.1, -0.05) is 11.8 Å². The average molecular weight is 323 g/mol. The van der Waals surface area contributed by atoms with Gasteiger partial charge in [0.05, 0.1) is 29.5 Å². The molecule has 0 unspecified atom stereocenters. The number of sulfonamides is 1. The number of methoxy groups -OCH3 is 1. The molecule has 0 fully saturated rings. The second kappa shape index (κ2) is 5.90. The van der Waals surface area contributed by atoms with Crippen LogP contribution in [0.1, 0.15) is 10.4 Å². The van der Waals surface area contributed by atoms with Crippen molar-refractivity contribution >= 4 is 21.7 Å². The zero-order valence-electron chi connectivity index (χ0n) is 11.3. The van der Waals surface area contributed by atoms with Crippen molar-refractivity contribution in [3.05, 3.63) is 42.1 Å². The second-order valence-electron chi connectivity index (χ2n) is 4.16. The molecule has 2 rings (SSSR count). The summed E-state index contributed by atoms with van der Waals surface area (Å²) >= 11 is 0. The summed E-state index contributed by atoms with van der Waals surface area (Å²) in [6.07, 6.45) is 1.25. The molecule has 2 N–H and O–H groups in total. The molecule has 22 heavy (non-hydrogen) atoms. The molecule has 0 saturated carbocycles. The lowest BCUT2D eigenvalue weighted by Crippen LogP contribution is -2.14. The highest BCUT2D eigenvalue weighted by molar-refractivity contribution is 7.92. The van der Waals surface area contributed by atoms with Crippen LogP contribution in [0.4, 0.5) is 5.69 Å². The first-order chi connectivity index (χ1) is 10.3. The molecule has 1 heterocycles. The number of hydrogen-bond donors (Lipinski definition) is 2. The predicted octanol–water partition coefficient (Wildman–Crippen LogP) is 0.663. The number of aromatic carboxylic acids is 1. The number of benzene rings is 1. The summed E-state index contributed by atoms with van der Waals surface area (Å²) in [5.74, 6) is -1.95. The molecule has 116 valence electrons. The van der Waals surface area contributed by atoms with Gasteiger partial charge in [0.15, 0.2) is 0 Å². The highest BCUT2D eigenvalue weighted by atomic mass is 32.2. The standard InChI is InChI=1S/C13H12N2O6S/c1-21-12-5-2-8(7-14-12)15-22(19,20)9-3-4-11(16)10(6-9)13(17)18/h2-7,15-16H,1H3,(H,17,18)/p-1. The van der Waals surface area contributed by atoms with E-state index in [2.05, 4.69) is 9.71 Å². The van der Waals surface area contributed by atoms with E-state index in [-0.39, 0.29) is 10.6 Å². The fraction of sp³-hybridized carbons (Fsp3) is 0.0769. The lowest BCUT2D eigenvalue weighted by molar-refractivity contribution is -0.268. The first kappa shape index (κ1) is 15.6. The van der Waals surface area contributed by atoms with E-state index in [0.717, 1.165) is 18.2 Å². The van der Waals surface area contributed by atoms with Crippen molar-refractivity contribution in [1.82, 2.24) is 4.98 Å². The summed E-state index contributed by atoms with van der Waals surface area (Å²) in [7, 11) is -2.62. The largest absolute Gasteiger partial charge is 0.872 e. The van der Waals surface area contributed by atoms with Gasteiger partial charge in [0.25, 0.3) is 10.0 Å². The molecule has 2 aromatic rings. The fourth-order valence-corrected chi connectivity index (χ4v) is 2.69. The summed E-state index contributed by atoms with van der Waals surface area (Å²) in [5.41, 5.74) is -0.445. The van der Waals surface area contributed by atoms with Gasteiger partial charge in [0.2, 0.25) is 5.88 Å². The number of nitrogens with zero attached hydrogens (tertiary/aromatic N) is 1. The Bertz CT molecular complexity index is 802. The molecule has 0 bridgehead atoms. The number of pyridine rings is 1. The van der Waals surface area contributed by atoms with Crippen LogP contribution in [0.15, 0.2) is 41.4 Å². The number of rotatable bonds is 5. The van der Waals surface area contributed by atoms with E-state index in [9.17, 15) is 18.3 Å². The summed E-state index contributed by atoms with van der Waals surface area (Å²) in [6.45, 7) is 0. The number of aromatic nitrogens is 1. The third-order valence-corrected chi connectivity index (χ3v) is 4.07. The lowest BCUT2D eigenvalue weighted by atomic mass is 10.2. The van der Waals surface area contributed by atoms with E-state index in [1.165, 1.54) is 25.4 Å². The molecule has 8 nitrogen and oxygen atoms in total. The van der Waals surface area contributed by atoms with Crippen molar-refractivity contribution in [2.45, 2.75) is 4.90 Å². The van der Waals surface area contributed by atoms with E-state index in [4.69, 9.17) is 9.84 Å². The Morgan fingerprint density at radius 2 is 2.05 bits per heavy atom. The van der Waals surface area contributed by atoms with Gasteiger partial charge < -0.3 is 14.9 Å². The number of hydrogen-bond acceptors (Lipinski definition) is 6. The third-order valence-electron chi connectivity index (χ3n) is 2.69. The summed E-state index contributed by atoms with van der Waals surface area (Å²) in [5, 5.41) is 20.2. The summed E-state index contributed by atoms with van der Waals surface area (Å²) < 4.78 is 31.4. The van der Waals surface area contributed by atoms with Crippen LogP contribution in [0.2, 0.25) is 0 Å². The molecular formula is C13H11N2O6S-. The van der Waals surface area contributed by atoms with Gasteiger partial charge >= 0.3 is 5.97 Å². The number of carboxylic acid groups (broad SMARTS) is 1. The van der Waals surface area contributed by atoms with Crippen LogP contribution < -0.4 is 14.6 Å². The van der Waals surface area contributed by atoms with Crippen molar-refractivity contribution < 1.29 is 28.2 Å². The molecule has 0 radical (unpaired) electrons. The fourth-order valence-electron chi connectivity index (χ4n) is 1.62. The zero-order valence-corrected chi connectivity index (χ0v) is 12.1. The SMILES string of the molecule is COc1ccc(NS(=O)(=O)c2ccc([O-])c(C(=O)O)c2)cn1. The van der Waals surface area contributed by atoms with E-state index in [1.54, 1.807) is 0 Å². The molecule has 0 aliphatic carbocycles. The quantitative estimate of drug-likeness (QED) is 0.827.